The van der Waals surface area contributed by atoms with Crippen LogP contribution in [0.1, 0.15) is 29.2 Å². The Labute approximate surface area is 225 Å². The third-order valence-electron chi connectivity index (χ3n) is 7.09. The Morgan fingerprint density at radius 2 is 1.61 bits per heavy atom. The van der Waals surface area contributed by atoms with Crippen LogP contribution in [0, 0.1) is 13.8 Å². The zero-order valence-corrected chi connectivity index (χ0v) is 22.5. The van der Waals surface area contributed by atoms with Crippen molar-refractivity contribution in [3.05, 3.63) is 95.1 Å². The maximum atomic E-state index is 5.86. The summed E-state index contributed by atoms with van der Waals surface area (Å²) in [6.07, 6.45) is 4.47. The lowest BCUT2D eigenvalue weighted by molar-refractivity contribution is 0.137. The summed E-state index contributed by atoms with van der Waals surface area (Å²) < 4.78 is 7.73. The molecule has 0 aliphatic carbocycles. The van der Waals surface area contributed by atoms with Gasteiger partial charge in [0, 0.05) is 44.8 Å². The molecule has 0 bridgehead atoms. The summed E-state index contributed by atoms with van der Waals surface area (Å²) in [6.45, 7) is 12.8. The minimum Gasteiger partial charge on any atom is -0.494 e. The molecule has 1 aliphatic heterocycles. The highest BCUT2D eigenvalue weighted by Crippen LogP contribution is 2.30. The Hall–Kier alpha value is -3.81. The van der Waals surface area contributed by atoms with E-state index in [1.165, 1.54) is 11.1 Å². The van der Waals surface area contributed by atoms with Gasteiger partial charge in [0.25, 0.3) is 0 Å². The van der Waals surface area contributed by atoms with Crippen molar-refractivity contribution in [2.45, 2.75) is 27.3 Å². The van der Waals surface area contributed by atoms with Gasteiger partial charge in [-0.15, -0.1) is 5.10 Å². The SMILES string of the molecule is CCOc1ccc(CN2CCN(CC=Cc3ccccc3)CC2)c(-c2nnnn2-c2c(C)cccc2C)c1. The Kier molecular flexibility index (Phi) is 8.26. The first-order valence-corrected chi connectivity index (χ1v) is 13.4. The molecule has 7 nitrogen and oxygen atoms in total. The molecule has 196 valence electrons. The number of nitrogens with zero attached hydrogens (tertiary/aromatic N) is 6. The average molecular weight is 509 g/mol. The van der Waals surface area contributed by atoms with Crippen LogP contribution in [0.4, 0.5) is 0 Å². The molecule has 1 saturated heterocycles. The molecule has 38 heavy (non-hydrogen) atoms. The van der Waals surface area contributed by atoms with Crippen LogP contribution >= 0.6 is 0 Å². The van der Waals surface area contributed by atoms with Gasteiger partial charge in [-0.2, -0.15) is 4.68 Å². The fourth-order valence-electron chi connectivity index (χ4n) is 5.08. The summed E-state index contributed by atoms with van der Waals surface area (Å²) >= 11 is 0. The van der Waals surface area contributed by atoms with Crippen molar-refractivity contribution in [1.82, 2.24) is 30.0 Å². The van der Waals surface area contributed by atoms with E-state index in [2.05, 4.69) is 118 Å². The van der Waals surface area contributed by atoms with Crippen LogP contribution in [-0.4, -0.2) is 69.3 Å². The molecule has 0 amide bonds. The minimum atomic E-state index is 0.612. The Bertz CT molecular complexity index is 1350. The molecule has 2 heterocycles. The van der Waals surface area contributed by atoms with Crippen LogP contribution in [0.15, 0.2) is 72.8 Å². The van der Waals surface area contributed by atoms with Crippen molar-refractivity contribution in [2.75, 3.05) is 39.3 Å². The van der Waals surface area contributed by atoms with Crippen molar-refractivity contribution in [2.24, 2.45) is 0 Å². The quantitative estimate of drug-likeness (QED) is 0.311. The highest BCUT2D eigenvalue weighted by molar-refractivity contribution is 5.65. The molecule has 7 heteroatoms. The van der Waals surface area contributed by atoms with E-state index in [4.69, 9.17) is 4.74 Å². The molecule has 0 saturated carbocycles. The van der Waals surface area contributed by atoms with Gasteiger partial charge in [-0.1, -0.05) is 66.7 Å². The number of tetrazole rings is 1. The number of rotatable bonds is 9. The maximum Gasteiger partial charge on any atom is 0.187 e. The number of benzene rings is 3. The highest BCUT2D eigenvalue weighted by atomic mass is 16.5. The summed E-state index contributed by atoms with van der Waals surface area (Å²) in [4.78, 5) is 5.03. The minimum absolute atomic E-state index is 0.612. The van der Waals surface area contributed by atoms with E-state index in [-0.39, 0.29) is 0 Å². The summed E-state index contributed by atoms with van der Waals surface area (Å²) in [5.74, 6) is 1.57. The highest BCUT2D eigenvalue weighted by Gasteiger charge is 2.21. The lowest BCUT2D eigenvalue weighted by Gasteiger charge is -2.34. The van der Waals surface area contributed by atoms with Crippen molar-refractivity contribution in [3.8, 4) is 22.8 Å². The number of aromatic nitrogens is 4. The summed E-state index contributed by atoms with van der Waals surface area (Å²) in [7, 11) is 0. The molecule has 1 fully saturated rings. The molecule has 0 N–H and O–H groups in total. The molecule has 3 aromatic carbocycles. The van der Waals surface area contributed by atoms with E-state index in [1.54, 1.807) is 0 Å². The zero-order valence-electron chi connectivity index (χ0n) is 22.5. The predicted octanol–water partition coefficient (Wildman–Crippen LogP) is 5.18. The van der Waals surface area contributed by atoms with Crippen LogP contribution in [0.25, 0.3) is 23.2 Å². The van der Waals surface area contributed by atoms with E-state index in [9.17, 15) is 0 Å². The van der Waals surface area contributed by atoms with Gasteiger partial charge in [-0.25, -0.2) is 0 Å². The van der Waals surface area contributed by atoms with Crippen molar-refractivity contribution < 1.29 is 4.74 Å². The average Bonchev–Trinajstić information content (AvgIpc) is 3.40. The summed E-state index contributed by atoms with van der Waals surface area (Å²) in [6, 6.07) is 23.0. The molecule has 4 aromatic rings. The van der Waals surface area contributed by atoms with E-state index >= 15 is 0 Å². The fourth-order valence-corrected chi connectivity index (χ4v) is 5.08. The van der Waals surface area contributed by atoms with E-state index in [0.717, 1.165) is 73.2 Å². The number of hydrogen-bond donors (Lipinski definition) is 0. The monoisotopic (exact) mass is 508 g/mol. The molecule has 0 spiro atoms. The van der Waals surface area contributed by atoms with E-state index in [1.807, 2.05) is 11.6 Å². The van der Waals surface area contributed by atoms with Crippen molar-refractivity contribution in [3.63, 3.8) is 0 Å². The zero-order chi connectivity index (χ0) is 26.3. The first kappa shape index (κ1) is 25.8. The predicted molar refractivity (Wildman–Crippen MR) is 152 cm³/mol. The van der Waals surface area contributed by atoms with Gasteiger partial charge < -0.3 is 4.74 Å². The third kappa shape index (κ3) is 6.01. The van der Waals surface area contributed by atoms with E-state index in [0.29, 0.717) is 6.61 Å². The first-order chi connectivity index (χ1) is 18.6. The Morgan fingerprint density at radius 3 is 2.34 bits per heavy atom. The molecule has 0 radical (unpaired) electrons. The van der Waals surface area contributed by atoms with Crippen LogP contribution in [0.5, 0.6) is 5.75 Å². The molecular formula is C31H36N6O. The normalized spacial score (nSPS) is 14.8. The van der Waals surface area contributed by atoms with E-state index < -0.39 is 0 Å². The largest absolute Gasteiger partial charge is 0.494 e. The number of para-hydroxylation sites is 1. The molecule has 1 aromatic heterocycles. The van der Waals surface area contributed by atoms with Gasteiger partial charge in [0.1, 0.15) is 5.75 Å². The lowest BCUT2D eigenvalue weighted by atomic mass is 10.0. The molecule has 5 rings (SSSR count). The number of aryl methyl sites for hydroxylation is 2. The second-order valence-electron chi connectivity index (χ2n) is 9.80. The summed E-state index contributed by atoms with van der Waals surface area (Å²) in [5, 5.41) is 13.0. The van der Waals surface area contributed by atoms with Gasteiger partial charge in [0.2, 0.25) is 0 Å². The molecular weight excluding hydrogens is 472 g/mol. The van der Waals surface area contributed by atoms with Crippen molar-refractivity contribution in [1.29, 1.82) is 0 Å². The smallest absolute Gasteiger partial charge is 0.187 e. The molecule has 1 aliphatic rings. The Morgan fingerprint density at radius 1 is 0.868 bits per heavy atom. The number of ether oxygens (including phenoxy) is 1. The van der Waals surface area contributed by atoms with Gasteiger partial charge in [-0.3, -0.25) is 9.80 Å². The second-order valence-corrected chi connectivity index (χ2v) is 9.80. The third-order valence-corrected chi connectivity index (χ3v) is 7.09. The van der Waals surface area contributed by atoms with Crippen molar-refractivity contribution >= 4 is 6.08 Å². The van der Waals surface area contributed by atoms with Gasteiger partial charge >= 0.3 is 0 Å². The first-order valence-electron chi connectivity index (χ1n) is 13.4. The molecule has 0 atom stereocenters. The Balaban J connectivity index is 1.32. The fraction of sp³-hybridized carbons (Fsp3) is 0.323. The van der Waals surface area contributed by atoms with Gasteiger partial charge in [0.05, 0.1) is 12.3 Å². The van der Waals surface area contributed by atoms with Crippen LogP contribution in [0.2, 0.25) is 0 Å². The number of hydrogen-bond acceptors (Lipinski definition) is 6. The van der Waals surface area contributed by atoms with Gasteiger partial charge in [0.15, 0.2) is 5.82 Å². The van der Waals surface area contributed by atoms with Crippen LogP contribution in [-0.2, 0) is 6.54 Å². The van der Waals surface area contributed by atoms with Crippen LogP contribution in [0.3, 0.4) is 0 Å². The standard InChI is InChI=1S/C31H36N6O/c1-4-38-28-16-15-27(23-36-20-18-35(19-21-36)17-9-14-26-12-6-5-7-13-26)29(22-28)31-32-33-34-37(31)30-24(2)10-8-11-25(30)3/h5-16,22H,4,17-21,23H2,1-3H3. The lowest BCUT2D eigenvalue weighted by Crippen LogP contribution is -2.45. The maximum absolute atomic E-state index is 5.86. The van der Waals surface area contributed by atoms with Crippen LogP contribution < -0.4 is 4.74 Å². The topological polar surface area (TPSA) is 59.3 Å². The van der Waals surface area contributed by atoms with Gasteiger partial charge in [-0.05, 0) is 65.6 Å². The summed E-state index contributed by atoms with van der Waals surface area (Å²) in [5.41, 5.74) is 6.76. The molecule has 0 unspecified atom stereocenters. The number of piperazine rings is 1. The second kappa shape index (κ2) is 12.2.